The predicted octanol–water partition coefficient (Wildman–Crippen LogP) is -1.35. The van der Waals surface area contributed by atoms with Crippen LogP contribution in [0.25, 0.3) is 0 Å². The van der Waals surface area contributed by atoms with E-state index in [4.69, 9.17) is 4.74 Å². The first-order valence-electron chi connectivity index (χ1n) is 7.06. The summed E-state index contributed by atoms with van der Waals surface area (Å²) in [6.45, 7) is 7.63. The number of piperazine rings is 1. The number of hydrogen-bond donors (Lipinski definition) is 2. The second-order valence-corrected chi connectivity index (χ2v) is 5.49. The van der Waals surface area contributed by atoms with Gasteiger partial charge in [0.1, 0.15) is 38.8 Å². The van der Waals surface area contributed by atoms with E-state index in [1.54, 1.807) is 21.9 Å². The zero-order chi connectivity index (χ0) is 13.7. The fraction of sp³-hybridized carbons (Fsp3) is 0.533. The van der Waals surface area contributed by atoms with Crippen molar-refractivity contribution in [3.8, 4) is 0 Å². The van der Waals surface area contributed by atoms with Crippen LogP contribution >= 0.6 is 0 Å². The quantitative estimate of drug-likeness (QED) is 0.659. The number of nitrogens with one attached hydrogen (secondary N) is 2. The van der Waals surface area contributed by atoms with E-state index in [0.717, 1.165) is 6.54 Å². The highest BCUT2D eigenvalue weighted by Gasteiger charge is 2.23. The number of esters is 1. The van der Waals surface area contributed by atoms with Crippen LogP contribution in [0.2, 0.25) is 0 Å². The van der Waals surface area contributed by atoms with Crippen LogP contribution in [0, 0.1) is 0 Å². The molecule has 1 aromatic carbocycles. The van der Waals surface area contributed by atoms with Gasteiger partial charge < -0.3 is 14.5 Å². The van der Waals surface area contributed by atoms with E-state index < -0.39 is 0 Å². The fourth-order valence-corrected chi connectivity index (χ4v) is 2.51. The Balaban J connectivity index is 1.78. The highest BCUT2D eigenvalue weighted by atomic mass is 16.5. The normalized spacial score (nSPS) is 24.7. The maximum atomic E-state index is 11.9. The maximum absolute atomic E-state index is 11.9. The van der Waals surface area contributed by atoms with Crippen molar-refractivity contribution in [3.05, 3.63) is 35.9 Å². The van der Waals surface area contributed by atoms with E-state index in [1.165, 1.54) is 26.2 Å². The van der Waals surface area contributed by atoms with Crippen molar-refractivity contribution >= 4 is 5.97 Å². The summed E-state index contributed by atoms with van der Waals surface area (Å²) in [6.07, 6.45) is -0.0267. The smallest absolute Gasteiger partial charge is 0.338 e. The molecular weight excluding hydrogens is 240 g/mol. The molecule has 19 heavy (non-hydrogen) atoms. The molecular formula is C15H24N2O2+2. The van der Waals surface area contributed by atoms with Crippen molar-refractivity contribution in [2.45, 2.75) is 13.0 Å². The number of ether oxygens (including phenoxy) is 1. The molecule has 1 atom stereocenters. The van der Waals surface area contributed by atoms with E-state index in [0.29, 0.717) is 5.56 Å². The van der Waals surface area contributed by atoms with Gasteiger partial charge in [0.15, 0.2) is 0 Å². The highest BCUT2D eigenvalue weighted by Crippen LogP contribution is 2.02. The van der Waals surface area contributed by atoms with Gasteiger partial charge in [0.05, 0.1) is 12.6 Å². The van der Waals surface area contributed by atoms with Gasteiger partial charge >= 0.3 is 5.97 Å². The monoisotopic (exact) mass is 264 g/mol. The molecule has 0 saturated carbocycles. The summed E-state index contributed by atoms with van der Waals surface area (Å²) in [6, 6.07) is 9.20. The van der Waals surface area contributed by atoms with Crippen molar-refractivity contribution in [3.63, 3.8) is 0 Å². The fourth-order valence-electron chi connectivity index (χ4n) is 2.51. The first-order chi connectivity index (χ1) is 9.15. The Kier molecular flexibility index (Phi) is 4.93. The Bertz CT molecular complexity index is 400. The Morgan fingerprint density at radius 3 is 2.47 bits per heavy atom. The molecule has 4 nitrogen and oxygen atoms in total. The minimum atomic E-state index is -0.216. The molecule has 0 amide bonds. The number of hydrogen-bond acceptors (Lipinski definition) is 2. The highest BCUT2D eigenvalue weighted by molar-refractivity contribution is 5.89. The van der Waals surface area contributed by atoms with E-state index in [1.807, 2.05) is 25.1 Å². The van der Waals surface area contributed by atoms with Gasteiger partial charge in [-0.25, -0.2) is 4.79 Å². The standard InChI is InChI=1S/C15H22N2O2/c1-13(12-17-10-8-16(2)9-11-17)19-15(18)14-6-4-3-5-7-14/h3-7,13H,8-12H2,1-2H3/p+2/t13-/m0/s1. The van der Waals surface area contributed by atoms with E-state index in [-0.39, 0.29) is 12.1 Å². The Hall–Kier alpha value is -1.39. The summed E-state index contributed by atoms with van der Waals surface area (Å²) in [5, 5.41) is 0. The molecule has 0 radical (unpaired) electrons. The van der Waals surface area contributed by atoms with Gasteiger partial charge in [-0.3, -0.25) is 0 Å². The molecule has 2 rings (SSSR count). The first-order valence-corrected chi connectivity index (χ1v) is 7.06. The van der Waals surface area contributed by atoms with Crippen LogP contribution in [0.15, 0.2) is 30.3 Å². The molecule has 0 aromatic heterocycles. The molecule has 0 aliphatic carbocycles. The van der Waals surface area contributed by atoms with Gasteiger partial charge in [-0.2, -0.15) is 0 Å². The zero-order valence-electron chi connectivity index (χ0n) is 11.8. The number of carbonyl (C=O) groups is 1. The Morgan fingerprint density at radius 2 is 1.84 bits per heavy atom. The first kappa shape index (κ1) is 14.0. The molecule has 104 valence electrons. The lowest BCUT2D eigenvalue weighted by molar-refractivity contribution is -1.00. The third-order valence-corrected chi connectivity index (χ3v) is 3.70. The molecule has 1 heterocycles. The van der Waals surface area contributed by atoms with Gasteiger partial charge in [0.2, 0.25) is 0 Å². The topological polar surface area (TPSA) is 35.2 Å². The summed E-state index contributed by atoms with van der Waals surface area (Å²) in [7, 11) is 2.23. The molecule has 1 aliphatic rings. The summed E-state index contributed by atoms with van der Waals surface area (Å²) in [5.74, 6) is -0.216. The van der Waals surface area contributed by atoms with Crippen LogP contribution in [-0.2, 0) is 4.74 Å². The van der Waals surface area contributed by atoms with Gasteiger partial charge in [-0.1, -0.05) is 18.2 Å². The van der Waals surface area contributed by atoms with Crippen LogP contribution in [0.4, 0.5) is 0 Å². The molecule has 1 saturated heterocycles. The summed E-state index contributed by atoms with van der Waals surface area (Å²) in [5.41, 5.74) is 0.632. The number of rotatable bonds is 4. The zero-order valence-corrected chi connectivity index (χ0v) is 11.8. The molecule has 2 N–H and O–H groups in total. The van der Waals surface area contributed by atoms with Gasteiger partial charge in [0, 0.05) is 0 Å². The third-order valence-electron chi connectivity index (χ3n) is 3.70. The average molecular weight is 264 g/mol. The molecule has 4 heteroatoms. The van der Waals surface area contributed by atoms with E-state index in [9.17, 15) is 4.79 Å². The molecule has 0 bridgehead atoms. The van der Waals surface area contributed by atoms with E-state index in [2.05, 4.69) is 7.05 Å². The van der Waals surface area contributed by atoms with Crippen molar-refractivity contribution in [1.29, 1.82) is 0 Å². The maximum Gasteiger partial charge on any atom is 0.338 e. The lowest BCUT2D eigenvalue weighted by Crippen LogP contribution is -3.27. The van der Waals surface area contributed by atoms with Crippen molar-refractivity contribution in [2.24, 2.45) is 0 Å². The molecule has 0 spiro atoms. The lowest BCUT2D eigenvalue weighted by atomic mass is 10.2. The van der Waals surface area contributed by atoms with Crippen molar-refractivity contribution in [1.82, 2.24) is 0 Å². The number of carbonyl (C=O) groups excluding carboxylic acids is 1. The van der Waals surface area contributed by atoms with E-state index >= 15 is 0 Å². The summed E-state index contributed by atoms with van der Waals surface area (Å²) in [4.78, 5) is 15.0. The Labute approximate surface area is 115 Å². The van der Waals surface area contributed by atoms with Crippen molar-refractivity contribution < 1.29 is 19.3 Å². The Morgan fingerprint density at radius 1 is 1.21 bits per heavy atom. The van der Waals surface area contributed by atoms with Gasteiger partial charge in [-0.05, 0) is 19.1 Å². The van der Waals surface area contributed by atoms with Crippen LogP contribution in [0.1, 0.15) is 17.3 Å². The average Bonchev–Trinajstić information content (AvgIpc) is 2.42. The second kappa shape index (κ2) is 6.68. The second-order valence-electron chi connectivity index (χ2n) is 5.49. The SMILES string of the molecule is C[C@@H](C[NH+]1CC[NH+](C)CC1)OC(=O)c1ccccc1. The lowest BCUT2D eigenvalue weighted by Gasteiger charge is -2.28. The number of likely N-dealkylation sites (N-methyl/N-ethyl adjacent to an activating group) is 1. The van der Waals surface area contributed by atoms with Crippen LogP contribution < -0.4 is 9.80 Å². The molecule has 1 aromatic rings. The molecule has 0 unspecified atom stereocenters. The predicted molar refractivity (Wildman–Crippen MR) is 73.5 cm³/mol. The minimum absolute atomic E-state index is 0.0267. The van der Waals surface area contributed by atoms with Crippen LogP contribution in [0.3, 0.4) is 0 Å². The number of benzene rings is 1. The molecule has 1 fully saturated rings. The molecule has 1 aliphatic heterocycles. The summed E-state index contributed by atoms with van der Waals surface area (Å²) < 4.78 is 5.50. The van der Waals surface area contributed by atoms with Gasteiger partial charge in [-0.15, -0.1) is 0 Å². The van der Waals surface area contributed by atoms with Crippen LogP contribution in [-0.4, -0.2) is 51.8 Å². The van der Waals surface area contributed by atoms with Crippen LogP contribution in [0.5, 0.6) is 0 Å². The largest absolute Gasteiger partial charge is 0.453 e. The minimum Gasteiger partial charge on any atom is -0.453 e. The van der Waals surface area contributed by atoms with Crippen molar-refractivity contribution in [2.75, 3.05) is 39.8 Å². The number of quaternary nitrogens is 2. The third kappa shape index (κ3) is 4.33. The summed E-state index contributed by atoms with van der Waals surface area (Å²) >= 11 is 0. The van der Waals surface area contributed by atoms with Gasteiger partial charge in [0.25, 0.3) is 0 Å².